The van der Waals surface area contributed by atoms with E-state index in [2.05, 4.69) is 23.3 Å². The van der Waals surface area contributed by atoms with Crippen molar-refractivity contribution in [3.8, 4) is 11.5 Å². The molecule has 0 unspecified atom stereocenters. The van der Waals surface area contributed by atoms with Crippen LogP contribution in [0.15, 0.2) is 47.4 Å². The van der Waals surface area contributed by atoms with Crippen LogP contribution in [-0.2, 0) is 4.79 Å². The zero-order chi connectivity index (χ0) is 22.4. The summed E-state index contributed by atoms with van der Waals surface area (Å²) in [5.41, 5.74) is 1.76. The number of amides is 1. The van der Waals surface area contributed by atoms with Crippen LogP contribution in [-0.4, -0.2) is 63.5 Å². The van der Waals surface area contributed by atoms with E-state index in [0.29, 0.717) is 23.2 Å². The third-order valence-electron chi connectivity index (χ3n) is 4.68. The molecule has 0 bridgehead atoms. The van der Waals surface area contributed by atoms with Gasteiger partial charge in [0.2, 0.25) is 0 Å². The van der Waals surface area contributed by atoms with E-state index in [9.17, 15) is 4.79 Å². The summed E-state index contributed by atoms with van der Waals surface area (Å²) in [6.45, 7) is 1.29. The molecule has 6 nitrogen and oxygen atoms in total. The SMILES string of the molecule is COc1ccc(C=CC(=O)N(CCN(C)C)c2nc3ccc(SC)cc3s2)cc1OC.Cl. The molecule has 2 aromatic carbocycles. The third-order valence-corrected chi connectivity index (χ3v) is 6.44. The van der Waals surface area contributed by atoms with E-state index in [1.807, 2.05) is 38.4 Å². The molecular formula is C23H28ClN3O3S2. The number of carbonyl (C=O) groups is 1. The molecule has 0 saturated heterocycles. The Balaban J connectivity index is 0.00000363. The highest BCUT2D eigenvalue weighted by Gasteiger charge is 2.18. The molecule has 9 heteroatoms. The Kier molecular flexibility index (Phi) is 9.84. The fourth-order valence-electron chi connectivity index (χ4n) is 2.95. The van der Waals surface area contributed by atoms with Crippen molar-refractivity contribution in [1.82, 2.24) is 9.88 Å². The lowest BCUT2D eigenvalue weighted by molar-refractivity contribution is -0.114. The second-order valence-corrected chi connectivity index (χ2v) is 8.96. The number of aromatic nitrogens is 1. The summed E-state index contributed by atoms with van der Waals surface area (Å²) in [6.07, 6.45) is 5.41. The number of hydrogen-bond acceptors (Lipinski definition) is 7. The number of carbonyl (C=O) groups excluding carboxylic acids is 1. The number of benzene rings is 2. The number of hydrogen-bond donors (Lipinski definition) is 0. The molecule has 0 aliphatic heterocycles. The minimum absolute atomic E-state index is 0. The Morgan fingerprint density at radius 3 is 2.50 bits per heavy atom. The average molecular weight is 494 g/mol. The molecule has 32 heavy (non-hydrogen) atoms. The molecule has 3 aromatic rings. The van der Waals surface area contributed by atoms with Gasteiger partial charge in [0.15, 0.2) is 16.6 Å². The first-order chi connectivity index (χ1) is 14.9. The first-order valence-electron chi connectivity index (χ1n) is 9.76. The standard InChI is InChI=1S/C23H27N3O3S2.ClH/c1-25(2)12-13-26(23-24-18-9-8-17(30-5)15-21(18)31-23)22(27)11-7-16-6-10-19(28-3)20(14-16)29-4;/h6-11,14-15H,12-13H2,1-5H3;1H. The fourth-order valence-corrected chi connectivity index (χ4v) is 4.50. The summed E-state index contributed by atoms with van der Waals surface area (Å²) in [4.78, 5) is 22.8. The average Bonchev–Trinajstić information content (AvgIpc) is 3.19. The molecular weight excluding hydrogens is 466 g/mol. The molecule has 172 valence electrons. The highest BCUT2D eigenvalue weighted by molar-refractivity contribution is 7.98. The van der Waals surface area contributed by atoms with Crippen molar-refractivity contribution >= 4 is 62.8 Å². The monoisotopic (exact) mass is 493 g/mol. The lowest BCUT2D eigenvalue weighted by atomic mass is 10.2. The van der Waals surface area contributed by atoms with E-state index < -0.39 is 0 Å². The molecule has 1 heterocycles. The molecule has 1 amide bonds. The fraction of sp³-hybridized carbons (Fsp3) is 0.304. The van der Waals surface area contributed by atoms with Gasteiger partial charge in [0.05, 0.1) is 24.4 Å². The number of rotatable bonds is 9. The van der Waals surface area contributed by atoms with Crippen molar-refractivity contribution in [2.45, 2.75) is 4.90 Å². The van der Waals surface area contributed by atoms with Crippen LogP contribution in [0.2, 0.25) is 0 Å². The van der Waals surface area contributed by atoms with Crippen LogP contribution < -0.4 is 14.4 Å². The van der Waals surface area contributed by atoms with Crippen molar-refractivity contribution in [2.24, 2.45) is 0 Å². The van der Waals surface area contributed by atoms with Crippen LogP contribution in [0, 0.1) is 0 Å². The maximum Gasteiger partial charge on any atom is 0.252 e. The molecule has 3 rings (SSSR count). The number of ether oxygens (including phenoxy) is 2. The second-order valence-electron chi connectivity index (χ2n) is 7.07. The maximum absolute atomic E-state index is 13.1. The van der Waals surface area contributed by atoms with Crippen molar-refractivity contribution < 1.29 is 14.3 Å². The van der Waals surface area contributed by atoms with E-state index in [0.717, 1.165) is 22.3 Å². The largest absolute Gasteiger partial charge is 0.493 e. The van der Waals surface area contributed by atoms with Gasteiger partial charge in [-0.1, -0.05) is 17.4 Å². The highest BCUT2D eigenvalue weighted by atomic mass is 35.5. The number of fused-ring (bicyclic) bond motifs is 1. The van der Waals surface area contributed by atoms with Crippen LogP contribution in [0.5, 0.6) is 11.5 Å². The number of thioether (sulfide) groups is 1. The minimum atomic E-state index is -0.110. The maximum atomic E-state index is 13.1. The summed E-state index contributed by atoms with van der Waals surface area (Å²) in [6, 6.07) is 11.7. The smallest absolute Gasteiger partial charge is 0.252 e. The van der Waals surface area contributed by atoms with Crippen LogP contribution in [0.25, 0.3) is 16.3 Å². The van der Waals surface area contributed by atoms with E-state index in [1.54, 1.807) is 43.0 Å². The number of likely N-dealkylation sites (N-methyl/N-ethyl adjacent to an activating group) is 1. The van der Waals surface area contributed by atoms with Crippen LogP contribution in [0.3, 0.4) is 0 Å². The zero-order valence-corrected chi connectivity index (χ0v) is 21.3. The Hall–Kier alpha value is -2.26. The predicted octanol–water partition coefficient (Wildman–Crippen LogP) is 5.07. The quantitative estimate of drug-likeness (QED) is 0.306. The summed E-state index contributed by atoms with van der Waals surface area (Å²) in [5, 5.41) is 0.706. The van der Waals surface area contributed by atoms with Crippen LogP contribution >= 0.6 is 35.5 Å². The van der Waals surface area contributed by atoms with Gasteiger partial charge < -0.3 is 14.4 Å². The Bertz CT molecular complexity index is 1090. The Labute approximate surface area is 203 Å². The second kappa shape index (κ2) is 12.1. The summed E-state index contributed by atoms with van der Waals surface area (Å²) < 4.78 is 11.7. The molecule has 0 N–H and O–H groups in total. The molecule has 1 aromatic heterocycles. The molecule has 0 aliphatic carbocycles. The molecule has 0 aliphatic rings. The molecule has 0 atom stereocenters. The van der Waals surface area contributed by atoms with Gasteiger partial charge in [0.1, 0.15) is 0 Å². The Morgan fingerprint density at radius 1 is 1.09 bits per heavy atom. The van der Waals surface area contributed by atoms with Gasteiger partial charge in [-0.25, -0.2) is 4.98 Å². The van der Waals surface area contributed by atoms with Gasteiger partial charge in [-0.2, -0.15) is 0 Å². The van der Waals surface area contributed by atoms with Gasteiger partial charge in [0.25, 0.3) is 5.91 Å². The molecule has 0 radical (unpaired) electrons. The minimum Gasteiger partial charge on any atom is -0.493 e. The highest BCUT2D eigenvalue weighted by Crippen LogP contribution is 2.32. The Morgan fingerprint density at radius 2 is 1.84 bits per heavy atom. The van der Waals surface area contributed by atoms with Crippen LogP contribution in [0.4, 0.5) is 5.13 Å². The van der Waals surface area contributed by atoms with Gasteiger partial charge in [0, 0.05) is 24.1 Å². The van der Waals surface area contributed by atoms with E-state index in [-0.39, 0.29) is 18.3 Å². The van der Waals surface area contributed by atoms with Crippen molar-refractivity contribution in [1.29, 1.82) is 0 Å². The van der Waals surface area contributed by atoms with Crippen LogP contribution in [0.1, 0.15) is 5.56 Å². The van der Waals surface area contributed by atoms with Gasteiger partial charge in [-0.15, -0.1) is 24.2 Å². The molecule has 0 saturated carbocycles. The number of methoxy groups -OCH3 is 2. The number of nitrogens with zero attached hydrogens (tertiary/aromatic N) is 3. The third kappa shape index (κ3) is 6.38. The number of anilines is 1. The van der Waals surface area contributed by atoms with Crippen molar-refractivity contribution in [2.75, 3.05) is 52.6 Å². The predicted molar refractivity (Wildman–Crippen MR) is 138 cm³/mol. The lowest BCUT2D eigenvalue weighted by Gasteiger charge is -2.20. The number of halogens is 1. The summed E-state index contributed by atoms with van der Waals surface area (Å²) >= 11 is 3.23. The first kappa shape index (κ1) is 26.0. The normalized spacial score (nSPS) is 11.1. The van der Waals surface area contributed by atoms with E-state index in [1.165, 1.54) is 16.2 Å². The van der Waals surface area contributed by atoms with Crippen molar-refractivity contribution in [3.05, 3.63) is 48.0 Å². The first-order valence-corrected chi connectivity index (χ1v) is 11.8. The van der Waals surface area contributed by atoms with Crippen molar-refractivity contribution in [3.63, 3.8) is 0 Å². The van der Waals surface area contributed by atoms with Gasteiger partial charge in [-0.3, -0.25) is 9.69 Å². The van der Waals surface area contributed by atoms with Gasteiger partial charge >= 0.3 is 0 Å². The number of thiazole rings is 1. The lowest BCUT2D eigenvalue weighted by Crippen LogP contribution is -2.35. The summed E-state index contributed by atoms with van der Waals surface area (Å²) in [7, 11) is 7.17. The van der Waals surface area contributed by atoms with E-state index >= 15 is 0 Å². The topological polar surface area (TPSA) is 54.9 Å². The van der Waals surface area contributed by atoms with E-state index in [4.69, 9.17) is 14.5 Å². The molecule has 0 spiro atoms. The zero-order valence-electron chi connectivity index (χ0n) is 18.8. The summed E-state index contributed by atoms with van der Waals surface area (Å²) in [5.74, 6) is 1.16. The van der Waals surface area contributed by atoms with Gasteiger partial charge in [-0.05, 0) is 62.3 Å². The molecule has 0 fully saturated rings.